The van der Waals surface area contributed by atoms with Gasteiger partial charge in [-0.15, -0.1) is 0 Å². The summed E-state index contributed by atoms with van der Waals surface area (Å²) in [5.41, 5.74) is 5.49. The second-order valence-electron chi connectivity index (χ2n) is 10.1. The highest BCUT2D eigenvalue weighted by molar-refractivity contribution is 7.93. The zero-order valence-corrected chi connectivity index (χ0v) is 25.2. The van der Waals surface area contributed by atoms with Gasteiger partial charge < -0.3 is 5.32 Å². The Labute approximate surface area is 242 Å². The Hall–Kier alpha value is -4.15. The molecule has 0 unspecified atom stereocenters. The first-order chi connectivity index (χ1) is 19.3. The van der Waals surface area contributed by atoms with E-state index in [1.165, 1.54) is 36.4 Å². The van der Waals surface area contributed by atoms with Crippen LogP contribution in [0.15, 0.2) is 94.7 Å². The van der Waals surface area contributed by atoms with Crippen LogP contribution in [0.5, 0.6) is 0 Å². The second kappa shape index (κ2) is 11.8. The van der Waals surface area contributed by atoms with Crippen LogP contribution in [0.3, 0.4) is 0 Å². The maximum absolute atomic E-state index is 13.7. The van der Waals surface area contributed by atoms with Crippen LogP contribution in [-0.4, -0.2) is 29.3 Å². The molecule has 2 N–H and O–H groups in total. The third kappa shape index (κ3) is 6.96. The van der Waals surface area contributed by atoms with Gasteiger partial charge >= 0.3 is 0 Å². The van der Waals surface area contributed by atoms with E-state index in [1.54, 1.807) is 31.2 Å². The van der Waals surface area contributed by atoms with Crippen molar-refractivity contribution in [1.29, 1.82) is 0 Å². The first-order valence-electron chi connectivity index (χ1n) is 12.9. The Morgan fingerprint density at radius 1 is 0.659 bits per heavy atom. The van der Waals surface area contributed by atoms with Crippen molar-refractivity contribution in [2.24, 2.45) is 0 Å². The molecule has 214 valence electrons. The minimum absolute atomic E-state index is 0.0226. The van der Waals surface area contributed by atoms with Crippen LogP contribution in [0.4, 0.5) is 17.1 Å². The molecule has 41 heavy (non-hydrogen) atoms. The Morgan fingerprint density at radius 2 is 1.22 bits per heavy atom. The van der Waals surface area contributed by atoms with Gasteiger partial charge in [0.05, 0.1) is 21.2 Å². The summed E-state index contributed by atoms with van der Waals surface area (Å²) >= 11 is 0. The number of anilines is 3. The van der Waals surface area contributed by atoms with Gasteiger partial charge in [0, 0.05) is 5.69 Å². The van der Waals surface area contributed by atoms with Crippen molar-refractivity contribution in [3.8, 4) is 0 Å². The monoisotopic (exact) mass is 591 g/mol. The van der Waals surface area contributed by atoms with Gasteiger partial charge in [-0.1, -0.05) is 47.5 Å². The summed E-state index contributed by atoms with van der Waals surface area (Å²) in [5.74, 6) is -0.578. The van der Waals surface area contributed by atoms with Gasteiger partial charge in [0.15, 0.2) is 0 Å². The Bertz CT molecular complexity index is 1800. The van der Waals surface area contributed by atoms with Crippen molar-refractivity contribution in [2.45, 2.75) is 44.4 Å². The van der Waals surface area contributed by atoms with E-state index >= 15 is 0 Å². The summed E-state index contributed by atoms with van der Waals surface area (Å²) in [6, 6.07) is 23.0. The number of aryl methyl sites for hydroxylation is 5. The molecular weight excluding hydrogens is 558 g/mol. The first kappa shape index (κ1) is 29.8. The minimum atomic E-state index is -4.07. The lowest BCUT2D eigenvalue weighted by Crippen LogP contribution is -2.38. The topological polar surface area (TPSA) is 113 Å². The maximum atomic E-state index is 13.7. The number of nitrogens with one attached hydrogen (secondary N) is 2. The Kier molecular flexibility index (Phi) is 8.55. The highest BCUT2D eigenvalue weighted by atomic mass is 32.2. The SMILES string of the molecule is Cc1ccc(S(=O)(=O)N(CC(=O)Nc2ccc(S(=O)(=O)Nc3ccc(C)cc3C)cc2)c2cc(C)ccc2C)cc1. The molecule has 0 saturated heterocycles. The quantitative estimate of drug-likeness (QED) is 0.253. The van der Waals surface area contributed by atoms with E-state index in [-0.39, 0.29) is 9.79 Å². The van der Waals surface area contributed by atoms with Crippen LogP contribution in [-0.2, 0) is 24.8 Å². The molecule has 0 heterocycles. The van der Waals surface area contributed by atoms with Crippen molar-refractivity contribution < 1.29 is 21.6 Å². The molecule has 8 nitrogen and oxygen atoms in total. The van der Waals surface area contributed by atoms with Crippen molar-refractivity contribution in [3.63, 3.8) is 0 Å². The van der Waals surface area contributed by atoms with Crippen LogP contribution in [0.1, 0.15) is 27.8 Å². The molecule has 0 aliphatic rings. The highest BCUT2D eigenvalue weighted by Crippen LogP contribution is 2.28. The van der Waals surface area contributed by atoms with E-state index in [4.69, 9.17) is 0 Å². The van der Waals surface area contributed by atoms with Crippen molar-refractivity contribution in [3.05, 3.63) is 113 Å². The largest absolute Gasteiger partial charge is 0.325 e. The number of benzene rings is 4. The van der Waals surface area contributed by atoms with Crippen molar-refractivity contribution in [1.82, 2.24) is 0 Å². The number of hydrogen-bond donors (Lipinski definition) is 2. The molecule has 4 aromatic rings. The molecule has 0 bridgehead atoms. The molecule has 0 aromatic heterocycles. The second-order valence-corrected chi connectivity index (χ2v) is 13.7. The number of amides is 1. The normalized spacial score (nSPS) is 11.6. The number of nitrogens with zero attached hydrogens (tertiary/aromatic N) is 1. The van der Waals surface area contributed by atoms with Gasteiger partial charge in [0.25, 0.3) is 20.0 Å². The fourth-order valence-electron chi connectivity index (χ4n) is 4.31. The first-order valence-corrected chi connectivity index (χ1v) is 15.9. The molecule has 1 amide bonds. The predicted octanol–water partition coefficient (Wildman–Crippen LogP) is 5.86. The van der Waals surface area contributed by atoms with E-state index in [9.17, 15) is 21.6 Å². The zero-order valence-electron chi connectivity index (χ0n) is 23.6. The summed E-state index contributed by atoms with van der Waals surface area (Å²) in [4.78, 5) is 13.3. The summed E-state index contributed by atoms with van der Waals surface area (Å²) in [5, 5.41) is 2.69. The molecule has 4 aromatic carbocycles. The average molecular weight is 592 g/mol. The number of sulfonamides is 2. The molecule has 4 rings (SSSR count). The fraction of sp³-hybridized carbons (Fsp3) is 0.194. The predicted molar refractivity (Wildman–Crippen MR) is 163 cm³/mol. The van der Waals surface area contributed by atoms with Gasteiger partial charge in [-0.25, -0.2) is 16.8 Å². The van der Waals surface area contributed by atoms with Crippen molar-refractivity contribution >= 4 is 43.0 Å². The van der Waals surface area contributed by atoms with Gasteiger partial charge in [-0.05, 0) is 99.8 Å². The summed E-state index contributed by atoms with van der Waals surface area (Å²) in [6.07, 6.45) is 0. The van der Waals surface area contributed by atoms with Crippen LogP contribution >= 0.6 is 0 Å². The lowest BCUT2D eigenvalue weighted by Gasteiger charge is -2.26. The van der Waals surface area contributed by atoms with E-state index in [1.807, 2.05) is 52.0 Å². The molecule has 0 atom stereocenters. The third-order valence-corrected chi connectivity index (χ3v) is 9.76. The molecule has 0 saturated carbocycles. The maximum Gasteiger partial charge on any atom is 0.264 e. The Morgan fingerprint density at radius 3 is 1.85 bits per heavy atom. The molecule has 0 aliphatic carbocycles. The lowest BCUT2D eigenvalue weighted by atomic mass is 10.1. The molecule has 0 aliphatic heterocycles. The van der Waals surface area contributed by atoms with Gasteiger partial charge in [0.1, 0.15) is 6.54 Å². The zero-order chi connectivity index (χ0) is 29.9. The highest BCUT2D eigenvalue weighted by Gasteiger charge is 2.28. The smallest absolute Gasteiger partial charge is 0.264 e. The van der Waals surface area contributed by atoms with E-state index < -0.39 is 32.5 Å². The van der Waals surface area contributed by atoms with Gasteiger partial charge in [-0.2, -0.15) is 0 Å². The van der Waals surface area contributed by atoms with Crippen LogP contribution < -0.4 is 14.3 Å². The fourth-order valence-corrected chi connectivity index (χ4v) is 6.91. The van der Waals surface area contributed by atoms with Gasteiger partial charge in [-0.3, -0.25) is 13.8 Å². The van der Waals surface area contributed by atoms with E-state index in [0.717, 1.165) is 26.6 Å². The molecular formula is C31H33N3O5S2. The minimum Gasteiger partial charge on any atom is -0.325 e. The summed E-state index contributed by atoms with van der Waals surface area (Å²) < 4.78 is 57.0. The van der Waals surface area contributed by atoms with Crippen LogP contribution in [0, 0.1) is 34.6 Å². The summed E-state index contributed by atoms with van der Waals surface area (Å²) in [7, 11) is -7.94. The van der Waals surface area contributed by atoms with Gasteiger partial charge in [0.2, 0.25) is 5.91 Å². The summed E-state index contributed by atoms with van der Waals surface area (Å²) in [6.45, 7) is 8.78. The number of hydrogen-bond acceptors (Lipinski definition) is 5. The number of carbonyl (C=O) groups excluding carboxylic acids is 1. The van der Waals surface area contributed by atoms with Crippen LogP contribution in [0.2, 0.25) is 0 Å². The third-order valence-electron chi connectivity index (χ3n) is 6.60. The van der Waals surface area contributed by atoms with E-state index in [2.05, 4.69) is 10.0 Å². The molecule has 10 heteroatoms. The standard InChI is InChI=1S/C31H33N3O5S2/c1-21-7-13-28(14-8-21)41(38,39)34(30-19-23(3)6-10-24(30)4)20-31(35)32-26-11-15-27(16-12-26)40(36,37)33-29-17-9-22(2)18-25(29)5/h6-19,33H,20H2,1-5H3,(H,32,35). The van der Waals surface area contributed by atoms with Crippen LogP contribution in [0.25, 0.3) is 0 Å². The number of carbonyl (C=O) groups is 1. The Balaban J connectivity index is 1.56. The molecule has 0 spiro atoms. The average Bonchev–Trinajstić information content (AvgIpc) is 2.91. The molecule has 0 radical (unpaired) electrons. The molecule has 0 fully saturated rings. The van der Waals surface area contributed by atoms with Crippen molar-refractivity contribution in [2.75, 3.05) is 20.9 Å². The lowest BCUT2D eigenvalue weighted by molar-refractivity contribution is -0.114. The van der Waals surface area contributed by atoms with E-state index in [0.29, 0.717) is 22.6 Å². The number of rotatable bonds is 9.